The van der Waals surface area contributed by atoms with E-state index < -0.39 is 23.8 Å². The average Bonchev–Trinajstić information content (AvgIpc) is 2.44. The third kappa shape index (κ3) is 5.54. The van der Waals surface area contributed by atoms with Gasteiger partial charge in [0.05, 0.1) is 17.7 Å². The highest BCUT2D eigenvalue weighted by Crippen LogP contribution is 2.21. The molecular weight excluding hydrogens is 331 g/mol. The molecule has 0 bridgehead atoms. The molecule has 22 heavy (non-hydrogen) atoms. The minimum atomic E-state index is -0.913. The van der Waals surface area contributed by atoms with Crippen molar-refractivity contribution in [2.75, 3.05) is 7.11 Å². The van der Waals surface area contributed by atoms with E-state index in [0.717, 1.165) is 0 Å². The number of hydrogen-bond acceptors (Lipinski definition) is 4. The lowest BCUT2D eigenvalue weighted by Gasteiger charge is -2.16. The molecule has 0 aliphatic heterocycles. The highest BCUT2D eigenvalue weighted by Gasteiger charge is 2.23. The first-order valence-corrected chi connectivity index (χ1v) is 7.19. The molecule has 0 saturated heterocycles. The third-order valence-electron chi connectivity index (χ3n) is 2.86. The summed E-state index contributed by atoms with van der Waals surface area (Å²) < 4.78 is 4.62. The molecule has 0 heterocycles. The van der Waals surface area contributed by atoms with Gasteiger partial charge < -0.3 is 10.1 Å². The van der Waals surface area contributed by atoms with Crippen molar-refractivity contribution in [1.29, 1.82) is 0 Å². The van der Waals surface area contributed by atoms with Crippen LogP contribution in [0.15, 0.2) is 18.2 Å². The molecule has 1 aromatic carbocycles. The van der Waals surface area contributed by atoms with Gasteiger partial charge >= 0.3 is 5.97 Å². The highest BCUT2D eigenvalue weighted by molar-refractivity contribution is 6.36. The summed E-state index contributed by atoms with van der Waals surface area (Å²) in [6.45, 7) is 0. The van der Waals surface area contributed by atoms with E-state index in [1.54, 1.807) is 0 Å². The number of benzene rings is 1. The van der Waals surface area contributed by atoms with Crippen molar-refractivity contribution in [3.05, 3.63) is 33.8 Å². The van der Waals surface area contributed by atoms with Crippen molar-refractivity contribution in [3.63, 3.8) is 0 Å². The van der Waals surface area contributed by atoms with Crippen LogP contribution in [0.4, 0.5) is 0 Å². The Labute approximate surface area is 137 Å². The van der Waals surface area contributed by atoms with Gasteiger partial charge in [-0.3, -0.25) is 15.3 Å². The molecule has 0 spiro atoms. The molecule has 1 aromatic rings. The number of carbonyl (C=O) groups excluding carboxylic acids is 3. The first-order chi connectivity index (χ1) is 10.3. The fourth-order valence-electron chi connectivity index (χ4n) is 1.77. The van der Waals surface area contributed by atoms with E-state index >= 15 is 0 Å². The lowest BCUT2D eigenvalue weighted by Crippen LogP contribution is -2.41. The fraction of sp³-hybridized carbons (Fsp3) is 0.357. The van der Waals surface area contributed by atoms with E-state index in [0.29, 0.717) is 5.02 Å². The molecule has 0 aromatic heterocycles. The predicted molar refractivity (Wildman–Crippen MR) is 81.7 cm³/mol. The molecule has 1 rings (SSSR count). The first-order valence-electron chi connectivity index (χ1n) is 6.43. The first kappa shape index (κ1) is 18.3. The molecule has 0 aliphatic carbocycles. The van der Waals surface area contributed by atoms with Crippen molar-refractivity contribution in [2.24, 2.45) is 0 Å². The Morgan fingerprint density at radius 1 is 1.32 bits per heavy atom. The van der Waals surface area contributed by atoms with Crippen LogP contribution in [0.25, 0.3) is 0 Å². The number of hydrogen-bond donors (Lipinski definition) is 1. The number of methoxy groups -OCH3 is 1. The maximum absolute atomic E-state index is 12.2. The van der Waals surface area contributed by atoms with Gasteiger partial charge in [0.15, 0.2) is 0 Å². The average molecular weight is 346 g/mol. The van der Waals surface area contributed by atoms with E-state index in [2.05, 4.69) is 10.1 Å². The van der Waals surface area contributed by atoms with Gasteiger partial charge in [-0.25, -0.2) is 4.79 Å². The van der Waals surface area contributed by atoms with Crippen molar-refractivity contribution in [3.8, 4) is 0 Å². The normalized spacial score (nSPS) is 11.6. The van der Waals surface area contributed by atoms with Crippen LogP contribution in [0.2, 0.25) is 10.0 Å². The van der Waals surface area contributed by atoms with E-state index in [9.17, 15) is 14.4 Å². The number of halogens is 2. The smallest absolute Gasteiger partial charge is 0.328 e. The fourth-order valence-corrected chi connectivity index (χ4v) is 2.26. The summed E-state index contributed by atoms with van der Waals surface area (Å²) in [5.41, 5.74) is 7.00. The monoisotopic (exact) mass is 345 g/mol. The largest absolute Gasteiger partial charge is 0.467 e. The quantitative estimate of drug-likeness (QED) is 0.766. The lowest BCUT2D eigenvalue weighted by molar-refractivity contribution is -0.143. The van der Waals surface area contributed by atoms with Gasteiger partial charge in [0.2, 0.25) is 5.91 Å². The van der Waals surface area contributed by atoms with E-state index in [4.69, 9.17) is 28.9 Å². The summed E-state index contributed by atoms with van der Waals surface area (Å²) in [6, 6.07) is 3.46. The van der Waals surface area contributed by atoms with Crippen LogP contribution in [0.3, 0.4) is 0 Å². The van der Waals surface area contributed by atoms with Crippen molar-refractivity contribution >= 4 is 41.0 Å². The Balaban J connectivity index is 2.77. The van der Waals surface area contributed by atoms with Crippen molar-refractivity contribution < 1.29 is 19.1 Å². The number of nitrogens with one attached hydrogen (secondary N) is 2. The molecule has 0 aliphatic rings. The number of rotatable bonds is 7. The van der Waals surface area contributed by atoms with Crippen LogP contribution in [0.5, 0.6) is 0 Å². The van der Waals surface area contributed by atoms with Gasteiger partial charge in [-0.15, -0.1) is 0 Å². The number of amides is 2. The number of carbonyl (C=O) groups is 3. The highest BCUT2D eigenvalue weighted by atomic mass is 35.5. The van der Waals surface area contributed by atoms with Crippen LogP contribution >= 0.6 is 23.2 Å². The molecular formula is C14H15Cl2N2O4. The number of ether oxygens (including phenoxy) is 1. The van der Waals surface area contributed by atoms with E-state index in [-0.39, 0.29) is 29.8 Å². The minimum absolute atomic E-state index is 0.00503. The van der Waals surface area contributed by atoms with Crippen molar-refractivity contribution in [1.82, 2.24) is 11.1 Å². The van der Waals surface area contributed by atoms with E-state index in [1.807, 2.05) is 0 Å². The van der Waals surface area contributed by atoms with Gasteiger partial charge in [0.1, 0.15) is 6.04 Å². The second kappa shape index (κ2) is 8.60. The van der Waals surface area contributed by atoms with Gasteiger partial charge in [0.25, 0.3) is 5.91 Å². The van der Waals surface area contributed by atoms with Crippen molar-refractivity contribution in [2.45, 2.75) is 25.3 Å². The maximum Gasteiger partial charge on any atom is 0.328 e. The molecule has 8 heteroatoms. The molecule has 2 N–H and O–H groups in total. The third-order valence-corrected chi connectivity index (χ3v) is 3.41. The minimum Gasteiger partial charge on any atom is -0.467 e. The molecule has 1 atom stereocenters. The lowest BCUT2D eigenvalue weighted by atomic mass is 10.1. The zero-order valence-electron chi connectivity index (χ0n) is 11.8. The zero-order valence-corrected chi connectivity index (χ0v) is 13.3. The molecule has 1 radical (unpaired) electrons. The summed E-state index contributed by atoms with van der Waals surface area (Å²) >= 11 is 11.7. The molecule has 1 unspecified atom stereocenters. The Morgan fingerprint density at radius 3 is 2.55 bits per heavy atom. The Morgan fingerprint density at radius 2 is 2.00 bits per heavy atom. The summed E-state index contributed by atoms with van der Waals surface area (Å²) in [5, 5.41) is 3.06. The van der Waals surface area contributed by atoms with Crippen LogP contribution in [0, 0.1) is 0 Å². The zero-order chi connectivity index (χ0) is 16.7. The summed E-state index contributed by atoms with van der Waals surface area (Å²) in [7, 11) is 1.20. The Hall–Kier alpha value is -1.79. The van der Waals surface area contributed by atoms with Crippen LogP contribution in [-0.4, -0.2) is 30.9 Å². The van der Waals surface area contributed by atoms with E-state index in [1.165, 1.54) is 25.3 Å². The molecule has 119 valence electrons. The maximum atomic E-state index is 12.2. The molecule has 0 saturated carbocycles. The van der Waals surface area contributed by atoms with Crippen LogP contribution < -0.4 is 11.1 Å². The van der Waals surface area contributed by atoms with Crippen LogP contribution in [-0.2, 0) is 14.3 Å². The second-order valence-corrected chi connectivity index (χ2v) is 5.33. The summed E-state index contributed by atoms with van der Waals surface area (Å²) in [4.78, 5) is 34.4. The van der Waals surface area contributed by atoms with Gasteiger partial charge in [-0.2, -0.15) is 0 Å². The topological polar surface area (TPSA) is 96.3 Å². The predicted octanol–water partition coefficient (Wildman–Crippen LogP) is 2.24. The SMILES string of the molecule is COC(=O)C(CCCC([NH])=O)NC(=O)c1ccc(Cl)cc1Cl. The Kier molecular flexibility index (Phi) is 7.14. The van der Waals surface area contributed by atoms with Gasteiger partial charge in [0, 0.05) is 11.4 Å². The summed E-state index contributed by atoms with van der Waals surface area (Å²) in [6.07, 6.45) is 0.482. The molecule has 6 nitrogen and oxygen atoms in total. The molecule has 2 amide bonds. The van der Waals surface area contributed by atoms with Gasteiger partial charge in [-0.05, 0) is 31.0 Å². The second-order valence-electron chi connectivity index (χ2n) is 4.49. The van der Waals surface area contributed by atoms with Crippen LogP contribution in [0.1, 0.15) is 29.6 Å². The molecule has 0 fully saturated rings. The summed E-state index contributed by atoms with van der Waals surface area (Å²) in [5.74, 6) is -1.90. The van der Waals surface area contributed by atoms with Gasteiger partial charge in [-0.1, -0.05) is 23.2 Å². The number of esters is 1. The standard InChI is InChI=1S/C14H15Cl2N2O4/c1-22-14(21)11(3-2-4-12(17)19)18-13(20)9-6-5-8(15)7-10(9)16/h5-7,11,17H,2-4H2,1H3,(H,18,20). The Bertz CT molecular complexity index is 578.